The van der Waals surface area contributed by atoms with Crippen molar-refractivity contribution in [3.63, 3.8) is 0 Å². The van der Waals surface area contributed by atoms with Gasteiger partial charge < -0.3 is 19.4 Å². The van der Waals surface area contributed by atoms with E-state index >= 15 is 0 Å². The van der Waals surface area contributed by atoms with Crippen LogP contribution in [0.15, 0.2) is 60.7 Å². The van der Waals surface area contributed by atoms with Crippen LogP contribution in [0.2, 0.25) is 0 Å². The Morgan fingerprint density at radius 3 is 2.53 bits per heavy atom. The average molecular weight is 514 g/mol. The van der Waals surface area contributed by atoms with Gasteiger partial charge >= 0.3 is 0 Å². The number of aryl methyl sites for hydroxylation is 5. The number of para-hydroxylation sites is 2. The fraction of sp³-hybridized carbons (Fsp3) is 0.375. The number of carbonyl (C=O) groups excluding carboxylic acids is 1. The van der Waals surface area contributed by atoms with Crippen LogP contribution in [0.5, 0.6) is 11.5 Å². The van der Waals surface area contributed by atoms with E-state index in [2.05, 4.69) is 54.1 Å². The molecule has 0 bridgehead atoms. The molecular weight excluding hydrogens is 474 g/mol. The quantitative estimate of drug-likeness (QED) is 0.214. The van der Waals surface area contributed by atoms with Gasteiger partial charge in [-0.15, -0.1) is 0 Å². The second-order valence-corrected chi connectivity index (χ2v) is 9.98. The maximum atomic E-state index is 12.2. The van der Waals surface area contributed by atoms with Crippen LogP contribution in [0.25, 0.3) is 11.0 Å². The topological polar surface area (TPSA) is 65.4 Å². The van der Waals surface area contributed by atoms with E-state index < -0.39 is 0 Å². The first-order valence-corrected chi connectivity index (χ1v) is 13.5. The summed E-state index contributed by atoms with van der Waals surface area (Å²) in [5.41, 5.74) is 6.82. The summed E-state index contributed by atoms with van der Waals surface area (Å²) in [6.45, 7) is 10.2. The number of hydrogen-bond acceptors (Lipinski definition) is 4. The summed E-state index contributed by atoms with van der Waals surface area (Å²) in [6, 6.07) is 20.5. The molecule has 0 unspecified atom stereocenters. The molecule has 6 nitrogen and oxygen atoms in total. The van der Waals surface area contributed by atoms with Crippen molar-refractivity contribution in [2.24, 2.45) is 0 Å². The number of benzene rings is 3. The lowest BCUT2D eigenvalue weighted by Crippen LogP contribution is -2.29. The zero-order chi connectivity index (χ0) is 26.9. The van der Waals surface area contributed by atoms with E-state index in [1.807, 2.05) is 44.2 Å². The fourth-order valence-electron chi connectivity index (χ4n) is 4.49. The molecule has 1 aromatic heterocycles. The monoisotopic (exact) mass is 513 g/mol. The van der Waals surface area contributed by atoms with E-state index in [-0.39, 0.29) is 12.5 Å². The lowest BCUT2D eigenvalue weighted by atomic mass is 10.1. The third-order valence-electron chi connectivity index (χ3n) is 6.90. The van der Waals surface area contributed by atoms with Gasteiger partial charge in [-0.25, -0.2) is 4.98 Å². The number of carbonyl (C=O) groups is 1. The number of amides is 1. The summed E-state index contributed by atoms with van der Waals surface area (Å²) >= 11 is 0. The van der Waals surface area contributed by atoms with Crippen molar-refractivity contribution >= 4 is 16.9 Å². The Kier molecular flexibility index (Phi) is 9.41. The van der Waals surface area contributed by atoms with Gasteiger partial charge in [0.25, 0.3) is 5.91 Å². The zero-order valence-electron chi connectivity index (χ0n) is 23.0. The first-order valence-electron chi connectivity index (χ1n) is 13.5. The van der Waals surface area contributed by atoms with Gasteiger partial charge in [0.05, 0.1) is 17.6 Å². The molecule has 1 heterocycles. The van der Waals surface area contributed by atoms with Gasteiger partial charge in [0.2, 0.25) is 0 Å². The Hall–Kier alpha value is -3.80. The van der Waals surface area contributed by atoms with Gasteiger partial charge in [-0.1, -0.05) is 36.8 Å². The highest BCUT2D eigenvalue weighted by Crippen LogP contribution is 2.20. The van der Waals surface area contributed by atoms with Crippen LogP contribution in [0.4, 0.5) is 0 Å². The second kappa shape index (κ2) is 13.1. The summed E-state index contributed by atoms with van der Waals surface area (Å²) in [7, 11) is 0. The highest BCUT2D eigenvalue weighted by atomic mass is 16.5. The van der Waals surface area contributed by atoms with Gasteiger partial charge in [-0.3, -0.25) is 4.79 Å². The molecule has 0 fully saturated rings. The molecule has 0 spiro atoms. The minimum Gasteiger partial charge on any atom is -0.492 e. The molecule has 3 aromatic carbocycles. The highest BCUT2D eigenvalue weighted by Gasteiger charge is 2.11. The molecule has 0 saturated carbocycles. The SMILES string of the molecule is Cc1ccc(C)c(OCC(=O)NCCCCCc2nc3ccccc3n2CCOc2ccc(C)c(C)c2)c1. The summed E-state index contributed by atoms with van der Waals surface area (Å²) < 4.78 is 14.0. The van der Waals surface area contributed by atoms with E-state index in [0.717, 1.165) is 71.7 Å². The molecule has 0 aliphatic rings. The number of hydrogen-bond donors (Lipinski definition) is 1. The van der Waals surface area contributed by atoms with Crippen LogP contribution >= 0.6 is 0 Å². The number of nitrogens with one attached hydrogen (secondary N) is 1. The van der Waals surface area contributed by atoms with Crippen LogP contribution in [0, 0.1) is 27.7 Å². The number of unbranched alkanes of at least 4 members (excludes halogenated alkanes) is 2. The molecular formula is C32H39N3O3. The van der Waals surface area contributed by atoms with Crippen LogP contribution in [-0.4, -0.2) is 35.2 Å². The van der Waals surface area contributed by atoms with Crippen molar-refractivity contribution in [3.05, 3.63) is 88.7 Å². The highest BCUT2D eigenvalue weighted by molar-refractivity contribution is 5.77. The predicted octanol–water partition coefficient (Wildman–Crippen LogP) is 6.26. The van der Waals surface area contributed by atoms with Crippen molar-refractivity contribution in [1.82, 2.24) is 14.9 Å². The Balaban J connectivity index is 1.21. The van der Waals surface area contributed by atoms with Gasteiger partial charge in [0, 0.05) is 13.0 Å². The van der Waals surface area contributed by atoms with Crippen molar-refractivity contribution in [3.8, 4) is 11.5 Å². The molecule has 0 saturated heterocycles. The van der Waals surface area contributed by atoms with Gasteiger partial charge in [0.1, 0.15) is 23.9 Å². The summed E-state index contributed by atoms with van der Waals surface area (Å²) in [6.07, 6.45) is 3.84. The predicted molar refractivity (Wildman–Crippen MR) is 153 cm³/mol. The Morgan fingerprint density at radius 1 is 0.868 bits per heavy atom. The van der Waals surface area contributed by atoms with Gasteiger partial charge in [-0.05, 0) is 93.1 Å². The third-order valence-corrected chi connectivity index (χ3v) is 6.90. The smallest absolute Gasteiger partial charge is 0.257 e. The molecule has 6 heteroatoms. The summed E-state index contributed by atoms with van der Waals surface area (Å²) in [5.74, 6) is 2.67. The molecule has 0 aliphatic carbocycles. The lowest BCUT2D eigenvalue weighted by Gasteiger charge is -2.12. The zero-order valence-corrected chi connectivity index (χ0v) is 23.0. The van der Waals surface area contributed by atoms with Gasteiger partial charge in [0.15, 0.2) is 6.61 Å². The minimum absolute atomic E-state index is 0.0402. The number of imidazole rings is 1. The minimum atomic E-state index is -0.0866. The number of fused-ring (bicyclic) bond motifs is 1. The Morgan fingerprint density at radius 2 is 1.68 bits per heavy atom. The normalized spacial score (nSPS) is 11.1. The largest absolute Gasteiger partial charge is 0.492 e. The van der Waals surface area contributed by atoms with Crippen molar-refractivity contribution in [2.45, 2.75) is 59.9 Å². The van der Waals surface area contributed by atoms with Crippen LogP contribution in [-0.2, 0) is 17.8 Å². The van der Waals surface area contributed by atoms with Crippen LogP contribution < -0.4 is 14.8 Å². The maximum absolute atomic E-state index is 12.2. The summed E-state index contributed by atoms with van der Waals surface area (Å²) in [5, 5.41) is 2.97. The van der Waals surface area contributed by atoms with Crippen molar-refractivity contribution in [1.29, 1.82) is 0 Å². The van der Waals surface area contributed by atoms with Crippen molar-refractivity contribution < 1.29 is 14.3 Å². The van der Waals surface area contributed by atoms with Crippen LogP contribution in [0.1, 0.15) is 47.3 Å². The van der Waals surface area contributed by atoms with E-state index in [1.54, 1.807) is 0 Å². The van der Waals surface area contributed by atoms with E-state index in [9.17, 15) is 4.79 Å². The molecule has 0 atom stereocenters. The van der Waals surface area contributed by atoms with Crippen LogP contribution in [0.3, 0.4) is 0 Å². The molecule has 0 radical (unpaired) electrons. The molecule has 0 aliphatic heterocycles. The Labute approximate surface area is 226 Å². The molecule has 1 amide bonds. The van der Waals surface area contributed by atoms with E-state index in [1.165, 1.54) is 11.1 Å². The number of rotatable bonds is 13. The Bertz CT molecular complexity index is 1380. The maximum Gasteiger partial charge on any atom is 0.257 e. The molecule has 1 N–H and O–H groups in total. The third kappa shape index (κ3) is 7.37. The lowest BCUT2D eigenvalue weighted by molar-refractivity contribution is -0.123. The first kappa shape index (κ1) is 27.2. The fourth-order valence-corrected chi connectivity index (χ4v) is 4.49. The average Bonchev–Trinajstić information content (AvgIpc) is 3.26. The number of aromatic nitrogens is 2. The number of ether oxygens (including phenoxy) is 2. The van der Waals surface area contributed by atoms with E-state index in [0.29, 0.717) is 13.2 Å². The van der Waals surface area contributed by atoms with E-state index in [4.69, 9.17) is 14.5 Å². The standard InChI is InChI=1S/C32H39N3O3/c1-23-13-14-25(3)30(20-23)38-22-32(36)33-17-9-5-6-12-31-34-28-10-7-8-11-29(28)35(31)18-19-37-27-16-15-24(2)26(4)21-27/h7-8,10-11,13-16,20-21H,5-6,9,12,17-19,22H2,1-4H3,(H,33,36). The second-order valence-electron chi connectivity index (χ2n) is 9.98. The number of nitrogens with zero attached hydrogens (tertiary/aromatic N) is 2. The summed E-state index contributed by atoms with van der Waals surface area (Å²) in [4.78, 5) is 17.1. The molecule has 38 heavy (non-hydrogen) atoms. The molecule has 4 aromatic rings. The first-order chi connectivity index (χ1) is 18.4. The van der Waals surface area contributed by atoms with Crippen molar-refractivity contribution in [2.75, 3.05) is 19.8 Å². The van der Waals surface area contributed by atoms with Gasteiger partial charge in [-0.2, -0.15) is 0 Å². The molecule has 200 valence electrons. The molecule has 4 rings (SSSR count).